The first-order valence-electron chi connectivity index (χ1n) is 7.97. The maximum Gasteiger partial charge on any atom is 0.410 e. The number of aromatic nitrogens is 1. The van der Waals surface area contributed by atoms with Gasteiger partial charge in [-0.2, -0.15) is 0 Å². The maximum absolute atomic E-state index is 12.2. The van der Waals surface area contributed by atoms with Crippen LogP contribution in [0, 0.1) is 0 Å². The summed E-state index contributed by atoms with van der Waals surface area (Å²) in [7, 11) is 0. The van der Waals surface area contributed by atoms with Crippen molar-refractivity contribution in [3.63, 3.8) is 0 Å². The average Bonchev–Trinajstić information content (AvgIpc) is 2.96. The number of ether oxygens (including phenoxy) is 1. The molecule has 24 heavy (non-hydrogen) atoms. The highest BCUT2D eigenvalue weighted by Crippen LogP contribution is 2.29. The molecule has 0 fully saturated rings. The van der Waals surface area contributed by atoms with Gasteiger partial charge in [0.25, 0.3) is 0 Å². The minimum Gasteiger partial charge on any atom is -0.444 e. The van der Waals surface area contributed by atoms with Crippen LogP contribution in [-0.4, -0.2) is 21.6 Å². The van der Waals surface area contributed by atoms with Gasteiger partial charge in [0.05, 0.1) is 11.6 Å². The zero-order valence-electron chi connectivity index (χ0n) is 14.2. The lowest BCUT2D eigenvalue weighted by molar-refractivity contribution is 0.0242. The third kappa shape index (κ3) is 3.70. The Morgan fingerprint density at radius 2 is 1.88 bits per heavy atom. The lowest BCUT2D eigenvalue weighted by atomic mass is 10.0. The van der Waals surface area contributed by atoms with Crippen LogP contribution in [0.1, 0.15) is 37.6 Å². The number of benzene rings is 1. The highest BCUT2D eigenvalue weighted by Gasteiger charge is 2.27. The number of amides is 1. The molecule has 0 atom stereocenters. The standard InChI is InChI=1S/C19H21ClN2O2/c1-19(2,3)24-18(23)22-11-15-5-4-13(8-16(15)12-22)14-6-7-17(9-20)21-10-14/h4-8,10H,9,11-12H2,1-3H3. The molecule has 0 spiro atoms. The second-order valence-electron chi connectivity index (χ2n) is 6.99. The number of halogens is 1. The third-order valence-corrected chi connectivity index (χ3v) is 4.15. The number of hydrogen-bond donors (Lipinski definition) is 0. The van der Waals surface area contributed by atoms with Gasteiger partial charge in [-0.05, 0) is 49.6 Å². The summed E-state index contributed by atoms with van der Waals surface area (Å²) < 4.78 is 5.46. The predicted octanol–water partition coefficient (Wildman–Crippen LogP) is 4.74. The molecular weight excluding hydrogens is 324 g/mol. The lowest BCUT2D eigenvalue weighted by Gasteiger charge is -2.24. The first-order chi connectivity index (χ1) is 11.4. The Bertz CT molecular complexity index is 751. The van der Waals surface area contributed by atoms with Crippen molar-refractivity contribution in [3.8, 4) is 11.1 Å². The Labute approximate surface area is 147 Å². The number of nitrogens with zero attached hydrogens (tertiary/aromatic N) is 2. The zero-order valence-corrected chi connectivity index (χ0v) is 14.9. The second kappa shape index (κ2) is 6.44. The van der Waals surface area contributed by atoms with Crippen molar-refractivity contribution in [3.05, 3.63) is 53.3 Å². The number of rotatable bonds is 2. The van der Waals surface area contributed by atoms with E-state index in [9.17, 15) is 4.79 Å². The maximum atomic E-state index is 12.2. The van der Waals surface area contributed by atoms with E-state index in [4.69, 9.17) is 16.3 Å². The summed E-state index contributed by atoms with van der Waals surface area (Å²) in [6, 6.07) is 10.2. The van der Waals surface area contributed by atoms with Crippen molar-refractivity contribution in [2.45, 2.75) is 45.3 Å². The van der Waals surface area contributed by atoms with Crippen LogP contribution in [0.3, 0.4) is 0 Å². The quantitative estimate of drug-likeness (QED) is 0.739. The van der Waals surface area contributed by atoms with Crippen LogP contribution in [-0.2, 0) is 23.7 Å². The first-order valence-corrected chi connectivity index (χ1v) is 8.50. The molecule has 2 aromatic rings. The van der Waals surface area contributed by atoms with E-state index in [0.29, 0.717) is 19.0 Å². The average molecular weight is 345 g/mol. The summed E-state index contributed by atoms with van der Waals surface area (Å²) in [6.45, 7) is 6.80. The van der Waals surface area contributed by atoms with Crippen molar-refractivity contribution in [1.29, 1.82) is 0 Å². The molecule has 0 saturated heterocycles. The van der Waals surface area contributed by atoms with Gasteiger partial charge in [0.2, 0.25) is 0 Å². The first kappa shape index (κ1) is 16.8. The monoisotopic (exact) mass is 344 g/mol. The number of carbonyl (C=O) groups excluding carboxylic acids is 1. The Morgan fingerprint density at radius 1 is 1.17 bits per heavy atom. The zero-order chi connectivity index (χ0) is 17.3. The SMILES string of the molecule is CC(C)(C)OC(=O)N1Cc2ccc(-c3ccc(CCl)nc3)cc2C1. The minimum atomic E-state index is -0.479. The van der Waals surface area contributed by atoms with Gasteiger partial charge in [0.15, 0.2) is 0 Å². The molecule has 2 heterocycles. The van der Waals surface area contributed by atoms with E-state index in [0.717, 1.165) is 27.9 Å². The molecule has 0 N–H and O–H groups in total. The molecule has 1 aromatic carbocycles. The molecule has 4 nitrogen and oxygen atoms in total. The largest absolute Gasteiger partial charge is 0.444 e. The van der Waals surface area contributed by atoms with Gasteiger partial charge >= 0.3 is 6.09 Å². The summed E-state index contributed by atoms with van der Waals surface area (Å²) >= 11 is 5.78. The Kier molecular flexibility index (Phi) is 4.50. The summed E-state index contributed by atoms with van der Waals surface area (Å²) in [5.74, 6) is 0.412. The van der Waals surface area contributed by atoms with E-state index in [-0.39, 0.29) is 6.09 Å². The number of hydrogen-bond acceptors (Lipinski definition) is 3. The summed E-state index contributed by atoms with van der Waals surface area (Å²) in [4.78, 5) is 18.3. The van der Waals surface area contributed by atoms with E-state index in [1.54, 1.807) is 4.90 Å². The van der Waals surface area contributed by atoms with Gasteiger partial charge < -0.3 is 4.74 Å². The van der Waals surface area contributed by atoms with Crippen molar-refractivity contribution in [2.24, 2.45) is 0 Å². The topological polar surface area (TPSA) is 42.4 Å². The Balaban J connectivity index is 1.77. The number of fused-ring (bicyclic) bond motifs is 1. The summed E-state index contributed by atoms with van der Waals surface area (Å²) in [5.41, 5.74) is 4.83. The van der Waals surface area contributed by atoms with Crippen LogP contribution in [0.15, 0.2) is 36.5 Å². The molecule has 0 bridgehead atoms. The number of alkyl halides is 1. The normalized spacial score (nSPS) is 13.8. The van der Waals surface area contributed by atoms with E-state index >= 15 is 0 Å². The van der Waals surface area contributed by atoms with Crippen LogP contribution >= 0.6 is 11.6 Å². The molecule has 0 radical (unpaired) electrons. The van der Waals surface area contributed by atoms with E-state index in [1.807, 2.05) is 39.1 Å². The molecule has 3 rings (SSSR count). The van der Waals surface area contributed by atoms with Gasteiger partial charge in [0, 0.05) is 24.8 Å². The highest BCUT2D eigenvalue weighted by atomic mass is 35.5. The molecule has 0 unspecified atom stereocenters. The molecule has 0 saturated carbocycles. The Hall–Kier alpha value is -2.07. The Morgan fingerprint density at radius 3 is 2.50 bits per heavy atom. The highest BCUT2D eigenvalue weighted by molar-refractivity contribution is 6.16. The number of pyridine rings is 1. The van der Waals surface area contributed by atoms with Crippen LogP contribution in [0.25, 0.3) is 11.1 Å². The van der Waals surface area contributed by atoms with Crippen LogP contribution in [0.2, 0.25) is 0 Å². The van der Waals surface area contributed by atoms with Gasteiger partial charge in [-0.1, -0.05) is 18.2 Å². The second-order valence-corrected chi connectivity index (χ2v) is 7.26. The minimum absolute atomic E-state index is 0.270. The molecule has 1 aliphatic heterocycles. The fourth-order valence-electron chi connectivity index (χ4n) is 2.70. The number of carbonyl (C=O) groups is 1. The van der Waals surface area contributed by atoms with Gasteiger partial charge in [-0.15, -0.1) is 11.6 Å². The molecule has 1 aliphatic rings. The van der Waals surface area contributed by atoms with Gasteiger partial charge in [-0.25, -0.2) is 4.79 Å². The molecular formula is C19H21ClN2O2. The smallest absolute Gasteiger partial charge is 0.410 e. The van der Waals surface area contributed by atoms with Gasteiger partial charge in [-0.3, -0.25) is 9.88 Å². The summed E-state index contributed by atoms with van der Waals surface area (Å²) in [5, 5.41) is 0. The fraction of sp³-hybridized carbons (Fsp3) is 0.368. The van der Waals surface area contributed by atoms with E-state index in [2.05, 4.69) is 23.2 Å². The van der Waals surface area contributed by atoms with E-state index < -0.39 is 5.60 Å². The van der Waals surface area contributed by atoms with Crippen LogP contribution in [0.5, 0.6) is 0 Å². The molecule has 126 valence electrons. The van der Waals surface area contributed by atoms with Crippen LogP contribution in [0.4, 0.5) is 4.79 Å². The van der Waals surface area contributed by atoms with Crippen LogP contribution < -0.4 is 0 Å². The van der Waals surface area contributed by atoms with Crippen molar-refractivity contribution < 1.29 is 9.53 Å². The molecule has 0 aliphatic carbocycles. The lowest BCUT2D eigenvalue weighted by Crippen LogP contribution is -2.33. The van der Waals surface area contributed by atoms with Crippen molar-refractivity contribution in [1.82, 2.24) is 9.88 Å². The molecule has 5 heteroatoms. The molecule has 1 amide bonds. The fourth-order valence-corrected chi connectivity index (χ4v) is 2.86. The van der Waals surface area contributed by atoms with Crippen molar-refractivity contribution >= 4 is 17.7 Å². The molecule has 1 aromatic heterocycles. The van der Waals surface area contributed by atoms with Crippen molar-refractivity contribution in [2.75, 3.05) is 0 Å². The summed E-state index contributed by atoms with van der Waals surface area (Å²) in [6.07, 6.45) is 1.56. The van der Waals surface area contributed by atoms with Gasteiger partial charge in [0.1, 0.15) is 5.60 Å². The third-order valence-electron chi connectivity index (χ3n) is 3.88. The van der Waals surface area contributed by atoms with E-state index in [1.165, 1.54) is 0 Å². The predicted molar refractivity (Wildman–Crippen MR) is 94.7 cm³/mol.